The SMILES string of the molecule is COc1cc(C2C[C@H](CCN(C)CCCCC(C)O)N(CC=O)C2)cc2c1OCO2. The van der Waals surface area contributed by atoms with Crippen LogP contribution in [0, 0.1) is 0 Å². The average molecular weight is 421 g/mol. The second-order valence-corrected chi connectivity index (χ2v) is 8.60. The van der Waals surface area contributed by atoms with Gasteiger partial charge in [-0.05, 0) is 82.8 Å². The molecule has 0 radical (unpaired) electrons. The van der Waals surface area contributed by atoms with Crippen molar-refractivity contribution < 1.29 is 24.1 Å². The number of likely N-dealkylation sites (tertiary alicyclic amines) is 1. The highest BCUT2D eigenvalue weighted by Gasteiger charge is 2.34. The molecule has 2 aliphatic rings. The number of hydrogen-bond donors (Lipinski definition) is 1. The van der Waals surface area contributed by atoms with Gasteiger partial charge in [0, 0.05) is 12.6 Å². The molecule has 1 fully saturated rings. The van der Waals surface area contributed by atoms with E-state index in [0.717, 1.165) is 63.8 Å². The largest absolute Gasteiger partial charge is 0.493 e. The van der Waals surface area contributed by atoms with Crippen molar-refractivity contribution in [2.24, 2.45) is 0 Å². The van der Waals surface area contributed by atoms with Crippen LogP contribution in [0.25, 0.3) is 0 Å². The summed E-state index contributed by atoms with van der Waals surface area (Å²) in [6, 6.07) is 4.50. The molecule has 0 aromatic heterocycles. The van der Waals surface area contributed by atoms with Crippen LogP contribution in [0.4, 0.5) is 0 Å². The summed E-state index contributed by atoms with van der Waals surface area (Å²) in [5.74, 6) is 2.47. The standard InChI is InChI=1S/C23H36N2O5/c1-17(27)6-4-5-8-24(2)9-7-20-12-19(15-25(20)10-11-26)18-13-21(28-3)23-22(14-18)29-16-30-23/h11,13-14,17,19-20,27H,4-10,12,15-16H2,1-3H3/t17?,19?,20-/m0/s1. The molecule has 7 heteroatoms. The van der Waals surface area contributed by atoms with Gasteiger partial charge in [0.05, 0.1) is 19.8 Å². The van der Waals surface area contributed by atoms with E-state index in [1.165, 1.54) is 5.56 Å². The lowest BCUT2D eigenvalue weighted by Crippen LogP contribution is -2.34. The number of carbonyl (C=O) groups excluding carboxylic acids is 1. The third kappa shape index (κ3) is 5.86. The number of hydrogen-bond acceptors (Lipinski definition) is 7. The van der Waals surface area contributed by atoms with Crippen molar-refractivity contribution >= 4 is 6.29 Å². The lowest BCUT2D eigenvalue weighted by Gasteiger charge is -2.24. The number of carbonyl (C=O) groups is 1. The number of fused-ring (bicyclic) bond motifs is 1. The molecular weight excluding hydrogens is 384 g/mol. The Bertz CT molecular complexity index is 696. The van der Waals surface area contributed by atoms with E-state index in [0.29, 0.717) is 30.0 Å². The number of ether oxygens (including phenoxy) is 3. The molecule has 1 saturated heterocycles. The van der Waals surface area contributed by atoms with Gasteiger partial charge in [0.1, 0.15) is 6.29 Å². The molecule has 1 aromatic carbocycles. The Hall–Kier alpha value is -1.83. The Morgan fingerprint density at radius 3 is 2.90 bits per heavy atom. The van der Waals surface area contributed by atoms with Crippen LogP contribution in [0.5, 0.6) is 17.2 Å². The number of aliphatic hydroxyl groups excluding tert-OH is 1. The Morgan fingerprint density at radius 1 is 1.33 bits per heavy atom. The lowest BCUT2D eigenvalue weighted by atomic mass is 9.94. The minimum Gasteiger partial charge on any atom is -0.493 e. The highest BCUT2D eigenvalue weighted by Crippen LogP contribution is 2.45. The van der Waals surface area contributed by atoms with Crippen LogP contribution >= 0.6 is 0 Å². The van der Waals surface area contributed by atoms with Crippen molar-refractivity contribution in [2.45, 2.75) is 57.1 Å². The van der Waals surface area contributed by atoms with E-state index >= 15 is 0 Å². The van der Waals surface area contributed by atoms with E-state index in [1.807, 2.05) is 13.0 Å². The summed E-state index contributed by atoms with van der Waals surface area (Å²) < 4.78 is 16.6. The van der Waals surface area contributed by atoms with E-state index < -0.39 is 0 Å². The first-order valence-electron chi connectivity index (χ1n) is 11.0. The zero-order valence-corrected chi connectivity index (χ0v) is 18.5. The molecule has 0 bridgehead atoms. The first-order valence-corrected chi connectivity index (χ1v) is 11.0. The molecule has 1 N–H and O–H groups in total. The second-order valence-electron chi connectivity index (χ2n) is 8.60. The van der Waals surface area contributed by atoms with E-state index in [9.17, 15) is 9.90 Å². The molecule has 0 saturated carbocycles. The minimum absolute atomic E-state index is 0.211. The van der Waals surface area contributed by atoms with Crippen molar-refractivity contribution in [2.75, 3.05) is 47.1 Å². The highest BCUT2D eigenvalue weighted by molar-refractivity contribution is 5.56. The lowest BCUT2D eigenvalue weighted by molar-refractivity contribution is -0.109. The van der Waals surface area contributed by atoms with Crippen LogP contribution < -0.4 is 14.2 Å². The van der Waals surface area contributed by atoms with Gasteiger partial charge in [0.2, 0.25) is 12.5 Å². The summed E-state index contributed by atoms with van der Waals surface area (Å²) in [6.07, 6.45) is 5.88. The van der Waals surface area contributed by atoms with E-state index in [-0.39, 0.29) is 12.9 Å². The van der Waals surface area contributed by atoms with Crippen molar-refractivity contribution in [3.05, 3.63) is 17.7 Å². The molecule has 1 aromatic rings. The fraction of sp³-hybridized carbons (Fsp3) is 0.696. The zero-order valence-electron chi connectivity index (χ0n) is 18.5. The number of aliphatic hydroxyl groups is 1. The number of benzene rings is 1. The maximum Gasteiger partial charge on any atom is 0.231 e. The number of methoxy groups -OCH3 is 1. The molecule has 3 rings (SSSR count). The number of aldehydes is 1. The molecule has 7 nitrogen and oxygen atoms in total. The zero-order chi connectivity index (χ0) is 21.5. The van der Waals surface area contributed by atoms with Gasteiger partial charge in [0.25, 0.3) is 0 Å². The first kappa shape index (κ1) is 22.8. The van der Waals surface area contributed by atoms with Crippen molar-refractivity contribution in [1.29, 1.82) is 0 Å². The summed E-state index contributed by atoms with van der Waals surface area (Å²) in [7, 11) is 3.80. The van der Waals surface area contributed by atoms with Gasteiger partial charge < -0.3 is 29.0 Å². The summed E-state index contributed by atoms with van der Waals surface area (Å²) >= 11 is 0. The predicted molar refractivity (Wildman–Crippen MR) is 116 cm³/mol. The van der Waals surface area contributed by atoms with E-state index in [4.69, 9.17) is 14.2 Å². The van der Waals surface area contributed by atoms with E-state index in [2.05, 4.69) is 22.9 Å². The monoisotopic (exact) mass is 420 g/mol. The minimum atomic E-state index is -0.211. The van der Waals surface area contributed by atoms with Crippen LogP contribution in [-0.4, -0.2) is 80.5 Å². The number of nitrogens with zero attached hydrogens (tertiary/aromatic N) is 2. The van der Waals surface area contributed by atoms with Crippen LogP contribution in [0.2, 0.25) is 0 Å². The van der Waals surface area contributed by atoms with Crippen LogP contribution in [0.15, 0.2) is 12.1 Å². The van der Waals surface area contributed by atoms with Gasteiger partial charge in [-0.1, -0.05) is 0 Å². The molecule has 0 aliphatic carbocycles. The molecule has 2 heterocycles. The quantitative estimate of drug-likeness (QED) is 0.412. The van der Waals surface area contributed by atoms with Crippen molar-refractivity contribution in [3.8, 4) is 17.2 Å². The fourth-order valence-electron chi connectivity index (χ4n) is 4.53. The van der Waals surface area contributed by atoms with Crippen molar-refractivity contribution in [1.82, 2.24) is 9.80 Å². The van der Waals surface area contributed by atoms with Crippen LogP contribution in [0.3, 0.4) is 0 Å². The average Bonchev–Trinajstić information content (AvgIpc) is 3.36. The smallest absolute Gasteiger partial charge is 0.231 e. The third-order valence-electron chi connectivity index (χ3n) is 6.24. The van der Waals surface area contributed by atoms with Gasteiger partial charge in [-0.3, -0.25) is 4.90 Å². The van der Waals surface area contributed by atoms with Gasteiger partial charge in [-0.15, -0.1) is 0 Å². The molecular formula is C23H36N2O5. The van der Waals surface area contributed by atoms with E-state index in [1.54, 1.807) is 7.11 Å². The third-order valence-corrected chi connectivity index (χ3v) is 6.24. The number of unbranched alkanes of at least 4 members (excludes halogenated alkanes) is 1. The van der Waals surface area contributed by atoms with Crippen molar-refractivity contribution in [3.63, 3.8) is 0 Å². The Morgan fingerprint density at radius 2 is 2.17 bits per heavy atom. The molecule has 168 valence electrons. The normalized spacial score (nSPS) is 21.9. The molecule has 0 amide bonds. The Kier molecular flexibility index (Phi) is 8.36. The maximum atomic E-state index is 11.2. The van der Waals surface area contributed by atoms with Gasteiger partial charge in [-0.25, -0.2) is 0 Å². The molecule has 3 atom stereocenters. The topological polar surface area (TPSA) is 71.5 Å². The first-order chi connectivity index (χ1) is 14.5. The highest BCUT2D eigenvalue weighted by atomic mass is 16.7. The van der Waals surface area contributed by atoms with Gasteiger partial charge >= 0.3 is 0 Å². The van der Waals surface area contributed by atoms with Crippen LogP contribution in [-0.2, 0) is 4.79 Å². The molecule has 2 unspecified atom stereocenters. The van der Waals surface area contributed by atoms with Gasteiger partial charge in [0.15, 0.2) is 11.5 Å². The predicted octanol–water partition coefficient (Wildman–Crippen LogP) is 2.65. The Labute approximate surface area is 179 Å². The Balaban J connectivity index is 1.57. The summed E-state index contributed by atoms with van der Waals surface area (Å²) in [4.78, 5) is 15.9. The molecule has 30 heavy (non-hydrogen) atoms. The summed E-state index contributed by atoms with van der Waals surface area (Å²) in [5, 5.41) is 9.38. The maximum absolute atomic E-state index is 11.2. The number of rotatable bonds is 12. The summed E-state index contributed by atoms with van der Waals surface area (Å²) in [6.45, 7) is 5.45. The van der Waals surface area contributed by atoms with Gasteiger partial charge in [-0.2, -0.15) is 0 Å². The molecule has 0 spiro atoms. The molecule has 2 aliphatic heterocycles. The summed E-state index contributed by atoms with van der Waals surface area (Å²) in [5.41, 5.74) is 1.18. The van der Waals surface area contributed by atoms with Crippen LogP contribution in [0.1, 0.15) is 50.5 Å². The fourth-order valence-corrected chi connectivity index (χ4v) is 4.53. The second kappa shape index (κ2) is 11.0.